The molecular weight excluding hydrogens is 450 g/mol. The standard InChI is InChI=1S/C29H33N5O2/c1-16(2)34(15-24-17(3)8-19(5)33-28(24)35)29(36)23-10-20(11-26-27(23)18(4)12-31-26)21-9-22-13-30-7-6-25(22)32-14-21/h8-12,14,16,30-31H,6-7,13,15H2,1-5H3,(H,33,35). The summed E-state index contributed by atoms with van der Waals surface area (Å²) in [5.41, 5.74) is 9.01. The summed E-state index contributed by atoms with van der Waals surface area (Å²) in [6, 6.07) is 8.11. The van der Waals surface area contributed by atoms with E-state index in [2.05, 4.69) is 27.4 Å². The number of pyridine rings is 2. The van der Waals surface area contributed by atoms with E-state index in [-0.39, 0.29) is 24.1 Å². The lowest BCUT2D eigenvalue weighted by molar-refractivity contribution is 0.0691. The Morgan fingerprint density at radius 3 is 2.64 bits per heavy atom. The topological polar surface area (TPSA) is 93.9 Å². The van der Waals surface area contributed by atoms with Crippen LogP contribution in [0.2, 0.25) is 0 Å². The average molecular weight is 484 g/mol. The second-order valence-electron chi connectivity index (χ2n) is 10.1. The molecule has 1 amide bonds. The van der Waals surface area contributed by atoms with Gasteiger partial charge in [0.25, 0.3) is 11.5 Å². The number of hydrogen-bond acceptors (Lipinski definition) is 4. The molecule has 4 heterocycles. The number of hydrogen-bond donors (Lipinski definition) is 3. The number of aryl methyl sites for hydroxylation is 3. The number of benzene rings is 1. The maximum absolute atomic E-state index is 14.1. The predicted molar refractivity (Wildman–Crippen MR) is 143 cm³/mol. The second kappa shape index (κ2) is 9.39. The fourth-order valence-corrected chi connectivity index (χ4v) is 5.17. The number of H-pyrrole nitrogens is 2. The van der Waals surface area contributed by atoms with E-state index in [0.29, 0.717) is 11.1 Å². The molecule has 0 radical (unpaired) electrons. The molecule has 0 atom stereocenters. The highest BCUT2D eigenvalue weighted by atomic mass is 16.2. The van der Waals surface area contributed by atoms with Crippen molar-refractivity contribution in [1.82, 2.24) is 25.2 Å². The maximum Gasteiger partial charge on any atom is 0.255 e. The summed E-state index contributed by atoms with van der Waals surface area (Å²) in [5.74, 6) is -0.0912. The lowest BCUT2D eigenvalue weighted by Gasteiger charge is -2.28. The van der Waals surface area contributed by atoms with Crippen molar-refractivity contribution in [2.24, 2.45) is 0 Å². The fraction of sp³-hybridized carbons (Fsp3) is 0.345. The van der Waals surface area contributed by atoms with Crippen molar-refractivity contribution >= 4 is 16.8 Å². The summed E-state index contributed by atoms with van der Waals surface area (Å²) in [5, 5.41) is 4.32. The molecule has 0 fully saturated rings. The summed E-state index contributed by atoms with van der Waals surface area (Å²) in [6.07, 6.45) is 4.77. The molecule has 0 saturated carbocycles. The van der Waals surface area contributed by atoms with Crippen molar-refractivity contribution in [3.05, 3.63) is 86.2 Å². The van der Waals surface area contributed by atoms with Gasteiger partial charge in [-0.3, -0.25) is 14.6 Å². The van der Waals surface area contributed by atoms with Gasteiger partial charge in [-0.05, 0) is 81.1 Å². The number of aromatic nitrogens is 3. The lowest BCUT2D eigenvalue weighted by Crippen LogP contribution is -2.38. The Bertz CT molecular complexity index is 1530. The first-order valence-corrected chi connectivity index (χ1v) is 12.5. The number of nitrogens with one attached hydrogen (secondary N) is 3. The quantitative estimate of drug-likeness (QED) is 0.389. The van der Waals surface area contributed by atoms with E-state index < -0.39 is 0 Å². The molecule has 3 aromatic heterocycles. The molecule has 1 aliphatic heterocycles. The van der Waals surface area contributed by atoms with E-state index in [4.69, 9.17) is 4.98 Å². The summed E-state index contributed by atoms with van der Waals surface area (Å²) in [7, 11) is 0. The summed E-state index contributed by atoms with van der Waals surface area (Å²) in [4.78, 5) is 39.6. The van der Waals surface area contributed by atoms with Gasteiger partial charge in [0.1, 0.15) is 0 Å². The minimum atomic E-state index is -0.142. The summed E-state index contributed by atoms with van der Waals surface area (Å²) >= 11 is 0. The highest BCUT2D eigenvalue weighted by Gasteiger charge is 2.25. The first-order chi connectivity index (χ1) is 17.2. The molecule has 0 unspecified atom stereocenters. The zero-order valence-corrected chi connectivity index (χ0v) is 21.6. The van der Waals surface area contributed by atoms with Crippen molar-refractivity contribution in [1.29, 1.82) is 0 Å². The van der Waals surface area contributed by atoms with Crippen LogP contribution in [0.25, 0.3) is 22.0 Å². The van der Waals surface area contributed by atoms with E-state index in [1.807, 2.05) is 59.1 Å². The number of aromatic amines is 2. The van der Waals surface area contributed by atoms with Crippen LogP contribution in [0.5, 0.6) is 0 Å². The van der Waals surface area contributed by atoms with Crippen molar-refractivity contribution < 1.29 is 4.79 Å². The van der Waals surface area contributed by atoms with Gasteiger partial charge in [0, 0.05) is 76.9 Å². The van der Waals surface area contributed by atoms with Gasteiger partial charge in [0.05, 0.1) is 6.54 Å². The van der Waals surface area contributed by atoms with Crippen LogP contribution < -0.4 is 10.9 Å². The first-order valence-electron chi connectivity index (χ1n) is 12.5. The van der Waals surface area contributed by atoms with Crippen LogP contribution in [-0.4, -0.2) is 38.3 Å². The minimum Gasteiger partial charge on any atom is -0.361 e. The molecule has 0 spiro atoms. The maximum atomic E-state index is 14.1. The van der Waals surface area contributed by atoms with Crippen LogP contribution in [0, 0.1) is 20.8 Å². The smallest absolute Gasteiger partial charge is 0.255 e. The largest absolute Gasteiger partial charge is 0.361 e. The molecule has 0 saturated heterocycles. The highest BCUT2D eigenvalue weighted by Crippen LogP contribution is 2.32. The van der Waals surface area contributed by atoms with Crippen molar-refractivity contribution in [2.45, 2.75) is 60.2 Å². The number of carbonyl (C=O) groups excluding carboxylic acids is 1. The fourth-order valence-electron chi connectivity index (χ4n) is 5.17. The van der Waals surface area contributed by atoms with Gasteiger partial charge in [-0.15, -0.1) is 0 Å². The van der Waals surface area contributed by atoms with Crippen LogP contribution in [0.3, 0.4) is 0 Å². The van der Waals surface area contributed by atoms with E-state index >= 15 is 0 Å². The van der Waals surface area contributed by atoms with E-state index in [1.54, 1.807) is 4.90 Å². The Morgan fingerprint density at radius 2 is 1.89 bits per heavy atom. The van der Waals surface area contributed by atoms with Crippen LogP contribution in [0.15, 0.2) is 41.5 Å². The van der Waals surface area contributed by atoms with Crippen molar-refractivity contribution in [2.75, 3.05) is 6.54 Å². The number of fused-ring (bicyclic) bond motifs is 2. The molecule has 4 aromatic rings. The summed E-state index contributed by atoms with van der Waals surface area (Å²) in [6.45, 7) is 11.8. The Kier molecular flexibility index (Phi) is 6.26. The van der Waals surface area contributed by atoms with Crippen molar-refractivity contribution in [3.63, 3.8) is 0 Å². The monoisotopic (exact) mass is 483 g/mol. The molecule has 1 aromatic carbocycles. The molecule has 0 aliphatic carbocycles. The highest BCUT2D eigenvalue weighted by molar-refractivity contribution is 6.09. The van der Waals surface area contributed by atoms with E-state index in [1.165, 1.54) is 5.56 Å². The van der Waals surface area contributed by atoms with Gasteiger partial charge in [-0.2, -0.15) is 0 Å². The molecule has 3 N–H and O–H groups in total. The Hall–Kier alpha value is -3.71. The number of amides is 1. The van der Waals surface area contributed by atoms with Crippen LogP contribution in [0.4, 0.5) is 0 Å². The molecule has 36 heavy (non-hydrogen) atoms. The normalized spacial score (nSPS) is 13.3. The lowest BCUT2D eigenvalue weighted by atomic mass is 9.96. The third kappa shape index (κ3) is 4.35. The second-order valence-corrected chi connectivity index (χ2v) is 10.1. The SMILES string of the molecule is Cc1cc(C)c(CN(C(=O)c2cc(-c3cnc4c(c3)CNCC4)cc3[nH]cc(C)c23)C(C)C)c(=O)[nH]1. The number of carbonyl (C=O) groups is 1. The van der Waals surface area contributed by atoms with Gasteiger partial charge in [-0.25, -0.2) is 0 Å². The van der Waals surface area contributed by atoms with Gasteiger partial charge >= 0.3 is 0 Å². The van der Waals surface area contributed by atoms with E-state index in [9.17, 15) is 9.59 Å². The first kappa shape index (κ1) is 24.0. The zero-order valence-electron chi connectivity index (χ0n) is 21.6. The van der Waals surface area contributed by atoms with Crippen LogP contribution in [0.1, 0.15) is 57.8 Å². The van der Waals surface area contributed by atoms with Crippen LogP contribution >= 0.6 is 0 Å². The third-order valence-corrected chi connectivity index (χ3v) is 7.16. The molecule has 1 aliphatic rings. The average Bonchev–Trinajstić information content (AvgIpc) is 3.22. The van der Waals surface area contributed by atoms with Gasteiger partial charge in [-0.1, -0.05) is 0 Å². The molecule has 7 nitrogen and oxygen atoms in total. The van der Waals surface area contributed by atoms with Crippen molar-refractivity contribution in [3.8, 4) is 11.1 Å². The summed E-state index contributed by atoms with van der Waals surface area (Å²) < 4.78 is 0. The predicted octanol–water partition coefficient (Wildman–Crippen LogP) is 4.54. The zero-order chi connectivity index (χ0) is 25.6. The number of rotatable bonds is 5. The Balaban J connectivity index is 1.60. The van der Waals surface area contributed by atoms with Gasteiger partial charge < -0.3 is 20.2 Å². The molecule has 5 rings (SSSR count). The van der Waals surface area contributed by atoms with Gasteiger partial charge in [0.15, 0.2) is 0 Å². The molecule has 186 valence electrons. The van der Waals surface area contributed by atoms with Gasteiger partial charge in [0.2, 0.25) is 0 Å². The Labute approximate surface area is 211 Å². The Morgan fingerprint density at radius 1 is 1.08 bits per heavy atom. The van der Waals surface area contributed by atoms with Crippen LogP contribution in [-0.2, 0) is 19.5 Å². The molecule has 0 bridgehead atoms. The number of nitrogens with zero attached hydrogens (tertiary/aromatic N) is 2. The molecular formula is C29H33N5O2. The third-order valence-electron chi connectivity index (χ3n) is 7.16. The molecule has 7 heteroatoms. The minimum absolute atomic E-state index is 0.0907. The van der Waals surface area contributed by atoms with E-state index in [0.717, 1.165) is 64.1 Å².